The molecule has 0 bridgehead atoms. The average Bonchev–Trinajstić information content (AvgIpc) is 1.79. The molecule has 0 spiro atoms. The lowest BCUT2D eigenvalue weighted by Crippen LogP contribution is -2.20. The molecule has 6 aromatic heterocycles. The molecule has 0 aliphatic heterocycles. The Hall–Kier alpha value is -9.64. The van der Waals surface area contributed by atoms with Crippen molar-refractivity contribution >= 4 is 87.2 Å². The Labute approximate surface area is 511 Å². The van der Waals surface area contributed by atoms with Gasteiger partial charge in [0.1, 0.15) is 46.1 Å². The summed E-state index contributed by atoms with van der Waals surface area (Å²) < 4.78 is 118. The second-order valence-electron chi connectivity index (χ2n) is 19.2. The van der Waals surface area contributed by atoms with E-state index in [0.717, 1.165) is 19.1 Å². The van der Waals surface area contributed by atoms with Crippen molar-refractivity contribution in [3.63, 3.8) is 0 Å². The summed E-state index contributed by atoms with van der Waals surface area (Å²) in [6.07, 6.45) is 6.34. The lowest BCUT2D eigenvalue weighted by atomic mass is 10.1. The van der Waals surface area contributed by atoms with E-state index >= 15 is 0 Å². The van der Waals surface area contributed by atoms with E-state index in [2.05, 4.69) is 40.5 Å². The third kappa shape index (κ3) is 13.9. The number of anilines is 2. The Bertz CT molecular complexity index is 4430. The van der Waals surface area contributed by atoms with E-state index in [0.29, 0.717) is 68.2 Å². The number of imidazole rings is 2. The maximum Gasteiger partial charge on any atom is 0.270 e. The number of benzene rings is 4. The Kier molecular flexibility index (Phi) is 19.6. The fraction of sp³-hybridized carbons (Fsp3) is 0.200. The second-order valence-corrected chi connectivity index (χ2v) is 25.4. The number of pyridine rings is 4. The van der Waals surface area contributed by atoms with Gasteiger partial charge in [0.2, 0.25) is 10.3 Å². The van der Waals surface area contributed by atoms with Gasteiger partial charge in [-0.1, -0.05) is 12.1 Å². The Morgan fingerprint density at radius 1 is 0.489 bits per heavy atom. The number of ether oxygens (including phenoxy) is 6. The first-order valence-corrected chi connectivity index (χ1v) is 32.0. The lowest BCUT2D eigenvalue weighted by Gasteiger charge is -2.13. The summed E-state index contributed by atoms with van der Waals surface area (Å²) in [6, 6.07) is 30.8. The van der Waals surface area contributed by atoms with Gasteiger partial charge in [-0.15, -0.1) is 0 Å². The number of aryl methyl sites for hydroxylation is 2. The fourth-order valence-corrected chi connectivity index (χ4v) is 15.1. The van der Waals surface area contributed by atoms with Crippen LogP contribution in [0.15, 0.2) is 166 Å². The molecule has 0 saturated carbocycles. The first kappa shape index (κ1) is 62.9. The van der Waals surface area contributed by atoms with Crippen molar-refractivity contribution in [2.24, 2.45) is 0 Å². The van der Waals surface area contributed by atoms with Crippen LogP contribution >= 0.6 is 0 Å². The summed E-state index contributed by atoms with van der Waals surface area (Å²) in [5.74, 6) is 2.38. The number of rotatable bonds is 22. The normalized spacial score (nSPS) is 12.1. The summed E-state index contributed by atoms with van der Waals surface area (Å²) in [6.45, 7) is 6.70. The largest absolute Gasteiger partial charge is 0.497 e. The first-order chi connectivity index (χ1) is 42.2. The van der Waals surface area contributed by atoms with E-state index in [1.807, 2.05) is 27.7 Å². The van der Waals surface area contributed by atoms with Crippen LogP contribution in [0.2, 0.25) is 0 Å². The highest BCUT2D eigenvalue weighted by atomic mass is 32.2. The van der Waals surface area contributed by atoms with Crippen LogP contribution in [0, 0.1) is 27.7 Å². The van der Waals surface area contributed by atoms with Gasteiger partial charge in [-0.25, -0.2) is 44.7 Å². The molecule has 0 radical (unpaired) electrons. The van der Waals surface area contributed by atoms with Gasteiger partial charge in [0.25, 0.3) is 31.9 Å². The monoisotopic (exact) mass is 1270 g/mol. The van der Waals surface area contributed by atoms with Gasteiger partial charge >= 0.3 is 0 Å². The molecule has 88 heavy (non-hydrogen) atoms. The molecule has 0 fully saturated rings. The van der Waals surface area contributed by atoms with Crippen molar-refractivity contribution in [1.82, 2.24) is 37.8 Å². The average molecular weight is 1270 g/mol. The molecule has 10 rings (SSSR count). The summed E-state index contributed by atoms with van der Waals surface area (Å²) in [5.41, 5.74) is 5.09. The standard InChI is InChI=1S/2C30H29N5O7S2/c1-19-16-32-25(20(2)29(19)41-4)18-43(37)30-33-24-15-22(40-3)10-13-26(24)35(30)44(38,39)23-11-8-21(9-12-23)42-17-28(36)34-27-7-5-6-14-31-27;1-19-16-32-25(20(2)29(19)41-4)18-43(37)30-33-24-13-10-22(40-3)15-26(24)35(30)44(38,39)23-11-8-21(9-12-23)42-17-28(36)34-27-7-5-6-14-31-27/h2*5-16H,17-18H2,1-4H3,(H,31,34,36). The Balaban J connectivity index is 0.000000209. The number of nitrogens with zero attached hydrogens (tertiary/aromatic N) is 8. The third-order valence-electron chi connectivity index (χ3n) is 13.4. The predicted molar refractivity (Wildman–Crippen MR) is 328 cm³/mol. The molecule has 28 heteroatoms. The van der Waals surface area contributed by atoms with E-state index in [1.54, 1.807) is 106 Å². The number of nitrogens with one attached hydrogen (secondary N) is 2. The van der Waals surface area contributed by atoms with Gasteiger partial charge in [0.05, 0.1) is 105 Å². The number of fused-ring (bicyclic) bond motifs is 2. The quantitative estimate of drug-likeness (QED) is 0.0648. The number of hydrogen-bond acceptors (Lipinski definition) is 20. The van der Waals surface area contributed by atoms with Crippen LogP contribution in [-0.4, -0.2) is 117 Å². The molecule has 24 nitrogen and oxygen atoms in total. The van der Waals surface area contributed by atoms with Gasteiger partial charge < -0.3 is 39.1 Å². The summed E-state index contributed by atoms with van der Waals surface area (Å²) in [7, 11) is -6.43. The van der Waals surface area contributed by atoms with Gasteiger partial charge in [0.15, 0.2) is 13.2 Å². The van der Waals surface area contributed by atoms with E-state index in [4.69, 9.17) is 28.4 Å². The van der Waals surface area contributed by atoms with Crippen molar-refractivity contribution in [3.05, 3.63) is 180 Å². The topological polar surface area (TPSA) is 303 Å². The summed E-state index contributed by atoms with van der Waals surface area (Å²) in [4.78, 5) is 50.1. The number of carbonyl (C=O) groups excluding carboxylic acids is 2. The van der Waals surface area contributed by atoms with Crippen LogP contribution in [0.4, 0.5) is 11.6 Å². The molecule has 0 aliphatic carbocycles. The molecule has 4 aromatic carbocycles. The smallest absolute Gasteiger partial charge is 0.270 e. The second kappa shape index (κ2) is 27.4. The molecule has 0 aliphatic rings. The molecule has 456 valence electrons. The molecule has 2 unspecified atom stereocenters. The van der Waals surface area contributed by atoms with E-state index in [9.17, 15) is 34.8 Å². The van der Waals surface area contributed by atoms with E-state index in [1.165, 1.54) is 68.8 Å². The van der Waals surface area contributed by atoms with Crippen LogP contribution in [-0.2, 0) is 62.7 Å². The van der Waals surface area contributed by atoms with Crippen LogP contribution in [0.5, 0.6) is 34.5 Å². The highest BCUT2D eigenvalue weighted by Crippen LogP contribution is 2.34. The van der Waals surface area contributed by atoms with Crippen LogP contribution < -0.4 is 39.1 Å². The number of aromatic nitrogens is 8. The van der Waals surface area contributed by atoms with Gasteiger partial charge in [-0.05, 0) is 125 Å². The first-order valence-electron chi connectivity index (χ1n) is 26.5. The Morgan fingerprint density at radius 2 is 0.909 bits per heavy atom. The molecular formula is C60H58N10O14S4. The number of methoxy groups -OCH3 is 4. The van der Waals surface area contributed by atoms with Crippen molar-refractivity contribution in [1.29, 1.82) is 0 Å². The van der Waals surface area contributed by atoms with Crippen LogP contribution in [0.25, 0.3) is 22.1 Å². The van der Waals surface area contributed by atoms with Gasteiger partial charge in [-0.3, -0.25) is 28.0 Å². The molecule has 2 atom stereocenters. The van der Waals surface area contributed by atoms with Crippen LogP contribution in [0.1, 0.15) is 33.6 Å². The van der Waals surface area contributed by atoms with Gasteiger partial charge in [0, 0.05) is 59.2 Å². The van der Waals surface area contributed by atoms with Crippen molar-refractivity contribution in [2.45, 2.75) is 59.3 Å². The van der Waals surface area contributed by atoms with E-state index < -0.39 is 53.5 Å². The zero-order valence-corrected chi connectivity index (χ0v) is 51.9. The molecule has 10 aromatic rings. The minimum atomic E-state index is -4.32. The lowest BCUT2D eigenvalue weighted by molar-refractivity contribution is -0.118. The zero-order valence-electron chi connectivity index (χ0n) is 48.6. The molecule has 6 heterocycles. The maximum atomic E-state index is 14.1. The predicted octanol–water partition coefficient (Wildman–Crippen LogP) is 8.05. The molecular weight excluding hydrogens is 1210 g/mol. The summed E-state index contributed by atoms with van der Waals surface area (Å²) in [5, 5.41) is 4.88. The number of carbonyl (C=O) groups is 2. The van der Waals surface area contributed by atoms with Crippen molar-refractivity contribution < 1.29 is 63.3 Å². The van der Waals surface area contributed by atoms with Crippen LogP contribution in [0.3, 0.4) is 0 Å². The fourth-order valence-electron chi connectivity index (χ4n) is 9.00. The minimum absolute atomic E-state index is 0.0915. The number of amides is 2. The third-order valence-corrected chi connectivity index (χ3v) is 19.5. The molecule has 2 N–H and O–H groups in total. The molecule has 0 saturated heterocycles. The summed E-state index contributed by atoms with van der Waals surface area (Å²) >= 11 is 0. The van der Waals surface area contributed by atoms with Gasteiger partial charge in [-0.2, -0.15) is 0 Å². The minimum Gasteiger partial charge on any atom is -0.497 e. The maximum absolute atomic E-state index is 14.1. The highest BCUT2D eigenvalue weighted by molar-refractivity contribution is 7.91. The zero-order chi connectivity index (χ0) is 62.9. The van der Waals surface area contributed by atoms with Crippen molar-refractivity contribution in [2.75, 3.05) is 52.3 Å². The van der Waals surface area contributed by atoms with Crippen molar-refractivity contribution in [3.8, 4) is 34.5 Å². The molecule has 2 amide bonds. The Morgan fingerprint density at radius 3 is 1.34 bits per heavy atom. The van der Waals surface area contributed by atoms with E-state index in [-0.39, 0.29) is 67.4 Å². The SMILES string of the molecule is COc1ccc2c(c1)nc(S(=O)Cc1ncc(C)c(OC)c1C)n2S(=O)(=O)c1ccc(OCC(=O)Nc2ccccn2)cc1.COc1ccc2nc(S(=O)Cc3ncc(C)c(OC)c3C)n(S(=O)(=O)c3ccc(OCC(=O)Nc4ccccn4)cc3)c2c1. The highest BCUT2D eigenvalue weighted by Gasteiger charge is 2.31. The number of hydrogen-bond donors (Lipinski definition) is 2.